The topological polar surface area (TPSA) is 71.4 Å². The van der Waals surface area contributed by atoms with Gasteiger partial charge in [-0.15, -0.1) is 0 Å². The van der Waals surface area contributed by atoms with Crippen LogP contribution in [-0.4, -0.2) is 39.3 Å². The second-order valence-corrected chi connectivity index (χ2v) is 7.72. The van der Waals surface area contributed by atoms with E-state index in [-0.39, 0.29) is 30.0 Å². The molecule has 1 aliphatic heterocycles. The first-order valence-electron chi connectivity index (χ1n) is 8.26. The molecule has 26 heavy (non-hydrogen) atoms. The summed E-state index contributed by atoms with van der Waals surface area (Å²) >= 11 is 5.95. The standard InChI is InChI=1S/C19H20ClN3O3/c1-19(2,3)21-17(25)16(12-6-8-13(20)9-7-12)23-11-15(24)22-10-4-5-14(22)18(23)26/h4-10,16H,11H2,1-3H3,(H,21,25). The molecule has 1 atom stereocenters. The van der Waals surface area contributed by atoms with E-state index in [4.69, 9.17) is 11.6 Å². The van der Waals surface area contributed by atoms with Crippen LogP contribution in [0.2, 0.25) is 5.02 Å². The molecule has 7 heteroatoms. The van der Waals surface area contributed by atoms with Gasteiger partial charge in [-0.3, -0.25) is 19.0 Å². The van der Waals surface area contributed by atoms with E-state index in [0.29, 0.717) is 10.6 Å². The Bertz CT molecular complexity index is 865. The number of halogens is 1. The monoisotopic (exact) mass is 373 g/mol. The highest BCUT2D eigenvalue weighted by Crippen LogP contribution is 2.28. The van der Waals surface area contributed by atoms with Crippen LogP contribution in [0.25, 0.3) is 0 Å². The number of hydrogen-bond donors (Lipinski definition) is 1. The third kappa shape index (κ3) is 3.51. The van der Waals surface area contributed by atoms with Crippen molar-refractivity contribution in [1.82, 2.24) is 14.8 Å². The van der Waals surface area contributed by atoms with Gasteiger partial charge in [0.2, 0.25) is 5.91 Å². The van der Waals surface area contributed by atoms with Crippen LogP contribution in [0.1, 0.15) is 47.7 Å². The molecule has 1 N–H and O–H groups in total. The molecule has 0 fully saturated rings. The van der Waals surface area contributed by atoms with Gasteiger partial charge in [0.1, 0.15) is 18.3 Å². The molecule has 136 valence electrons. The van der Waals surface area contributed by atoms with Crippen molar-refractivity contribution >= 4 is 29.3 Å². The summed E-state index contributed by atoms with van der Waals surface area (Å²) in [6.07, 6.45) is 1.55. The van der Waals surface area contributed by atoms with Crippen molar-refractivity contribution in [2.24, 2.45) is 0 Å². The molecule has 3 rings (SSSR count). The summed E-state index contributed by atoms with van der Waals surface area (Å²) in [5.74, 6) is -0.966. The van der Waals surface area contributed by atoms with Crippen LogP contribution in [0.4, 0.5) is 0 Å². The van der Waals surface area contributed by atoms with Gasteiger partial charge in [-0.25, -0.2) is 0 Å². The SMILES string of the molecule is CC(C)(C)NC(=O)C(c1ccc(Cl)cc1)N1CC(=O)n2cccc2C1=O. The minimum atomic E-state index is -0.924. The maximum atomic E-state index is 13.0. The van der Waals surface area contributed by atoms with Gasteiger partial charge in [-0.1, -0.05) is 23.7 Å². The molecule has 2 aromatic rings. The van der Waals surface area contributed by atoms with Crippen LogP contribution in [0.5, 0.6) is 0 Å². The van der Waals surface area contributed by atoms with Crippen molar-refractivity contribution in [2.45, 2.75) is 32.4 Å². The minimum Gasteiger partial charge on any atom is -0.349 e. The second kappa shape index (κ2) is 6.61. The molecule has 6 nitrogen and oxygen atoms in total. The van der Waals surface area contributed by atoms with E-state index in [1.807, 2.05) is 20.8 Å². The lowest BCUT2D eigenvalue weighted by Crippen LogP contribution is -2.53. The van der Waals surface area contributed by atoms with Crippen molar-refractivity contribution in [2.75, 3.05) is 6.54 Å². The Hall–Kier alpha value is -2.60. The third-order valence-corrected chi connectivity index (χ3v) is 4.30. The normalized spacial score (nSPS) is 15.6. The van der Waals surface area contributed by atoms with Crippen molar-refractivity contribution in [1.29, 1.82) is 0 Å². The van der Waals surface area contributed by atoms with Crippen molar-refractivity contribution in [3.8, 4) is 0 Å². The molecular weight excluding hydrogens is 354 g/mol. The molecule has 1 aromatic carbocycles. The lowest BCUT2D eigenvalue weighted by molar-refractivity contribution is -0.127. The molecule has 0 saturated heterocycles. The third-order valence-electron chi connectivity index (χ3n) is 4.05. The van der Waals surface area contributed by atoms with E-state index >= 15 is 0 Å². The van der Waals surface area contributed by atoms with Gasteiger partial charge in [0.25, 0.3) is 11.8 Å². The van der Waals surface area contributed by atoms with Gasteiger partial charge in [0, 0.05) is 16.8 Å². The van der Waals surface area contributed by atoms with Crippen molar-refractivity contribution in [3.63, 3.8) is 0 Å². The molecule has 0 bridgehead atoms. The lowest BCUT2D eigenvalue weighted by atomic mass is 10.0. The maximum Gasteiger partial charge on any atom is 0.272 e. The summed E-state index contributed by atoms with van der Waals surface area (Å²) < 4.78 is 1.32. The van der Waals surface area contributed by atoms with E-state index in [0.717, 1.165) is 0 Å². The fraction of sp³-hybridized carbons (Fsp3) is 0.316. The summed E-state index contributed by atoms with van der Waals surface area (Å²) in [5.41, 5.74) is 0.367. The van der Waals surface area contributed by atoms with Crippen molar-refractivity contribution < 1.29 is 14.4 Å². The fourth-order valence-electron chi connectivity index (χ4n) is 2.98. The van der Waals surface area contributed by atoms with E-state index in [1.54, 1.807) is 42.6 Å². The quantitative estimate of drug-likeness (QED) is 0.899. The summed E-state index contributed by atoms with van der Waals surface area (Å²) in [7, 11) is 0. The zero-order valence-corrected chi connectivity index (χ0v) is 15.6. The number of carbonyl (C=O) groups is 3. The highest BCUT2D eigenvalue weighted by molar-refractivity contribution is 6.30. The summed E-state index contributed by atoms with van der Waals surface area (Å²) in [6, 6.07) is 9.00. The molecule has 1 aromatic heterocycles. The number of carbonyl (C=O) groups excluding carboxylic acids is 3. The first-order chi connectivity index (χ1) is 12.2. The average Bonchev–Trinajstić information content (AvgIpc) is 3.03. The molecule has 0 saturated carbocycles. The molecule has 1 unspecified atom stereocenters. The number of rotatable bonds is 3. The summed E-state index contributed by atoms with van der Waals surface area (Å²) in [6.45, 7) is 5.40. The first-order valence-corrected chi connectivity index (χ1v) is 8.64. The predicted octanol–water partition coefficient (Wildman–Crippen LogP) is 2.89. The highest BCUT2D eigenvalue weighted by atomic mass is 35.5. The van der Waals surface area contributed by atoms with Crippen LogP contribution in [0.15, 0.2) is 42.6 Å². The van der Waals surface area contributed by atoms with E-state index in [2.05, 4.69) is 5.32 Å². The number of hydrogen-bond acceptors (Lipinski definition) is 3. The van der Waals surface area contributed by atoms with Crippen LogP contribution in [0, 0.1) is 0 Å². The van der Waals surface area contributed by atoms with Gasteiger partial charge in [-0.2, -0.15) is 0 Å². The molecule has 1 aliphatic rings. The minimum absolute atomic E-state index is 0.175. The number of aromatic nitrogens is 1. The van der Waals surface area contributed by atoms with E-state index in [9.17, 15) is 14.4 Å². The maximum absolute atomic E-state index is 13.0. The number of nitrogens with zero attached hydrogens (tertiary/aromatic N) is 2. The van der Waals surface area contributed by atoms with Crippen molar-refractivity contribution in [3.05, 3.63) is 58.9 Å². The number of nitrogens with one attached hydrogen (secondary N) is 1. The molecule has 2 amide bonds. The van der Waals surface area contributed by atoms with Gasteiger partial charge >= 0.3 is 0 Å². The summed E-state index contributed by atoms with van der Waals surface area (Å²) in [5, 5.41) is 3.43. The van der Waals surface area contributed by atoms with Gasteiger partial charge < -0.3 is 10.2 Å². The second-order valence-electron chi connectivity index (χ2n) is 7.28. The molecule has 2 heterocycles. The Kier molecular flexibility index (Phi) is 4.63. The van der Waals surface area contributed by atoms with Crippen LogP contribution < -0.4 is 5.32 Å². The predicted molar refractivity (Wildman–Crippen MR) is 98.2 cm³/mol. The smallest absolute Gasteiger partial charge is 0.272 e. The van der Waals surface area contributed by atoms with Gasteiger partial charge in [0.15, 0.2) is 0 Å². The Balaban J connectivity index is 2.03. The summed E-state index contributed by atoms with van der Waals surface area (Å²) in [4.78, 5) is 39.6. The zero-order valence-electron chi connectivity index (χ0n) is 14.8. The Morgan fingerprint density at radius 2 is 1.81 bits per heavy atom. The molecule has 0 spiro atoms. The Labute approximate surface area is 156 Å². The zero-order chi connectivity index (χ0) is 19.1. The Morgan fingerprint density at radius 3 is 2.42 bits per heavy atom. The molecule has 0 radical (unpaired) electrons. The van der Waals surface area contributed by atoms with Crippen LogP contribution in [0.3, 0.4) is 0 Å². The van der Waals surface area contributed by atoms with Crippen LogP contribution >= 0.6 is 11.6 Å². The molecule has 0 aliphatic carbocycles. The van der Waals surface area contributed by atoms with Gasteiger partial charge in [-0.05, 0) is 50.6 Å². The number of amides is 2. The first kappa shape index (κ1) is 18.2. The number of benzene rings is 1. The van der Waals surface area contributed by atoms with Crippen LogP contribution in [-0.2, 0) is 4.79 Å². The highest BCUT2D eigenvalue weighted by Gasteiger charge is 2.39. The van der Waals surface area contributed by atoms with E-state index in [1.165, 1.54) is 9.47 Å². The fourth-order valence-corrected chi connectivity index (χ4v) is 3.10. The molecular formula is C19H20ClN3O3. The lowest BCUT2D eigenvalue weighted by Gasteiger charge is -2.35. The van der Waals surface area contributed by atoms with E-state index < -0.39 is 11.6 Å². The van der Waals surface area contributed by atoms with Gasteiger partial charge in [0.05, 0.1) is 0 Å². The average molecular weight is 374 g/mol. The Morgan fingerprint density at radius 1 is 1.15 bits per heavy atom. The number of fused-ring (bicyclic) bond motifs is 1. The largest absolute Gasteiger partial charge is 0.349 e.